The number of hydrogen-bond donors (Lipinski definition) is 2. The van der Waals surface area contributed by atoms with Gasteiger partial charge in [0.25, 0.3) is 0 Å². The molecule has 1 aliphatic rings. The molecule has 0 bridgehead atoms. The maximum absolute atomic E-state index is 14.9. The molecule has 0 radical (unpaired) electrons. The Morgan fingerprint density at radius 3 is 2.60 bits per heavy atom. The number of nitrogens with zero attached hydrogens (tertiary/aromatic N) is 6. The predicted octanol–water partition coefficient (Wildman–Crippen LogP) is 3.81. The first kappa shape index (κ1) is 21.1. The van der Waals surface area contributed by atoms with Gasteiger partial charge in [-0.1, -0.05) is 6.07 Å². The van der Waals surface area contributed by atoms with Crippen LogP contribution in [0.2, 0.25) is 0 Å². The van der Waals surface area contributed by atoms with E-state index in [1.807, 2.05) is 25.2 Å². The molecule has 35 heavy (non-hydrogen) atoms. The lowest BCUT2D eigenvalue weighted by molar-refractivity contribution is 0.254. The van der Waals surface area contributed by atoms with E-state index in [1.54, 1.807) is 10.6 Å². The standard InChI is InChI=1S/C24H20F2N8O/c1-27-14-5-6-20-19(11-14)30-24(35)33(20)15-9-13(10-15)22-31-32-23(18-7-8-28-12-29-18)34(22)21-16(25)3-2-4-17(21)26/h2-8,11-13,15,27H,9-10H2,1H3,(H,30,35)/t13-,15-. The fraction of sp³-hybridized carbons (Fsp3) is 0.208. The van der Waals surface area contributed by atoms with Gasteiger partial charge in [0.05, 0.1) is 11.0 Å². The smallest absolute Gasteiger partial charge is 0.326 e. The van der Waals surface area contributed by atoms with Crippen LogP contribution in [0.3, 0.4) is 0 Å². The number of imidazole rings is 1. The van der Waals surface area contributed by atoms with Gasteiger partial charge in [0.2, 0.25) is 0 Å². The average Bonchev–Trinajstić information content (AvgIpc) is 3.39. The summed E-state index contributed by atoms with van der Waals surface area (Å²) in [5.74, 6) is -0.978. The third kappa shape index (κ3) is 3.38. The van der Waals surface area contributed by atoms with Crippen LogP contribution in [0.4, 0.5) is 14.5 Å². The molecule has 0 unspecified atom stereocenters. The average molecular weight is 474 g/mol. The molecule has 0 atom stereocenters. The molecule has 2 aromatic carbocycles. The Morgan fingerprint density at radius 2 is 1.89 bits per heavy atom. The molecule has 1 aliphatic carbocycles. The minimum absolute atomic E-state index is 0.0835. The van der Waals surface area contributed by atoms with Gasteiger partial charge in [0.1, 0.15) is 35.2 Å². The van der Waals surface area contributed by atoms with Crippen LogP contribution < -0.4 is 11.0 Å². The highest BCUT2D eigenvalue weighted by Gasteiger charge is 2.38. The Morgan fingerprint density at radius 1 is 1.09 bits per heavy atom. The van der Waals surface area contributed by atoms with Crippen molar-refractivity contribution in [2.24, 2.45) is 0 Å². The summed E-state index contributed by atoms with van der Waals surface area (Å²) in [6, 6.07) is 10.9. The largest absolute Gasteiger partial charge is 0.388 e. The highest BCUT2D eigenvalue weighted by atomic mass is 19.1. The van der Waals surface area contributed by atoms with E-state index in [1.165, 1.54) is 35.3 Å². The molecule has 0 spiro atoms. The summed E-state index contributed by atoms with van der Waals surface area (Å²) >= 11 is 0. The second-order valence-corrected chi connectivity index (χ2v) is 8.49. The van der Waals surface area contributed by atoms with E-state index in [4.69, 9.17) is 0 Å². The second kappa shape index (κ2) is 8.12. The molecule has 3 heterocycles. The van der Waals surface area contributed by atoms with Crippen molar-refractivity contribution < 1.29 is 8.78 Å². The molecule has 1 saturated carbocycles. The summed E-state index contributed by atoms with van der Waals surface area (Å²) in [6.07, 6.45) is 4.01. The predicted molar refractivity (Wildman–Crippen MR) is 125 cm³/mol. The molecule has 1 fully saturated rings. The zero-order valence-electron chi connectivity index (χ0n) is 18.6. The quantitative estimate of drug-likeness (QED) is 0.401. The molecular weight excluding hydrogens is 454 g/mol. The highest BCUT2D eigenvalue weighted by molar-refractivity contribution is 5.79. The Balaban J connectivity index is 1.40. The Bertz CT molecular complexity index is 1580. The van der Waals surface area contributed by atoms with Crippen LogP contribution >= 0.6 is 0 Å². The molecule has 176 valence electrons. The molecule has 0 aliphatic heterocycles. The second-order valence-electron chi connectivity index (χ2n) is 8.49. The van der Waals surface area contributed by atoms with Crippen molar-refractivity contribution in [2.75, 3.05) is 12.4 Å². The number of rotatable bonds is 5. The zero-order chi connectivity index (χ0) is 24.1. The monoisotopic (exact) mass is 474 g/mol. The van der Waals surface area contributed by atoms with Gasteiger partial charge in [-0.2, -0.15) is 0 Å². The third-order valence-corrected chi connectivity index (χ3v) is 6.51. The number of para-hydroxylation sites is 1. The van der Waals surface area contributed by atoms with E-state index in [-0.39, 0.29) is 29.2 Å². The number of aromatic nitrogens is 7. The van der Waals surface area contributed by atoms with Crippen LogP contribution in [0.25, 0.3) is 28.2 Å². The molecule has 0 saturated heterocycles. The van der Waals surface area contributed by atoms with Gasteiger partial charge in [-0.3, -0.25) is 9.13 Å². The van der Waals surface area contributed by atoms with Crippen molar-refractivity contribution in [3.8, 4) is 17.2 Å². The SMILES string of the molecule is CNc1ccc2c(c1)[nH]c(=O)n2[C@H]1C[C@H](c2nnc(-c3ccncn3)n2-c2c(F)cccc2F)C1. The van der Waals surface area contributed by atoms with E-state index in [2.05, 4.69) is 30.5 Å². The van der Waals surface area contributed by atoms with Gasteiger partial charge in [0.15, 0.2) is 5.82 Å². The number of aromatic amines is 1. The van der Waals surface area contributed by atoms with E-state index in [9.17, 15) is 13.6 Å². The van der Waals surface area contributed by atoms with E-state index < -0.39 is 11.6 Å². The van der Waals surface area contributed by atoms with E-state index in [0.29, 0.717) is 24.4 Å². The van der Waals surface area contributed by atoms with Crippen molar-refractivity contribution in [2.45, 2.75) is 24.8 Å². The van der Waals surface area contributed by atoms with Gasteiger partial charge >= 0.3 is 5.69 Å². The lowest BCUT2D eigenvalue weighted by atomic mass is 9.79. The Labute approximate surface area is 197 Å². The molecule has 11 heteroatoms. The Hall–Kier alpha value is -4.41. The van der Waals surface area contributed by atoms with Crippen LogP contribution in [-0.2, 0) is 0 Å². The molecule has 0 amide bonds. The zero-order valence-corrected chi connectivity index (χ0v) is 18.6. The molecule has 2 N–H and O–H groups in total. The lowest BCUT2D eigenvalue weighted by Crippen LogP contribution is -2.33. The van der Waals surface area contributed by atoms with Crippen LogP contribution in [0.1, 0.15) is 30.6 Å². The van der Waals surface area contributed by atoms with Crippen molar-refractivity contribution in [1.29, 1.82) is 0 Å². The van der Waals surface area contributed by atoms with Crippen molar-refractivity contribution in [3.05, 3.63) is 82.9 Å². The van der Waals surface area contributed by atoms with Crippen LogP contribution in [0.5, 0.6) is 0 Å². The summed E-state index contributed by atoms with van der Waals surface area (Å²) in [5.41, 5.74) is 2.39. The molecular formula is C24H20F2N8O. The molecule has 5 aromatic rings. The maximum Gasteiger partial charge on any atom is 0.326 e. The first-order valence-electron chi connectivity index (χ1n) is 11.1. The fourth-order valence-corrected chi connectivity index (χ4v) is 4.73. The summed E-state index contributed by atoms with van der Waals surface area (Å²) < 4.78 is 32.9. The van der Waals surface area contributed by atoms with Gasteiger partial charge in [-0.15, -0.1) is 10.2 Å². The Kier molecular flexibility index (Phi) is 4.90. The maximum atomic E-state index is 14.9. The topological polar surface area (TPSA) is 106 Å². The molecule has 6 rings (SSSR count). The van der Waals surface area contributed by atoms with Crippen LogP contribution in [0.15, 0.2) is 59.8 Å². The summed E-state index contributed by atoms with van der Waals surface area (Å²) in [6.45, 7) is 0. The number of fused-ring (bicyclic) bond motifs is 1. The first-order valence-corrected chi connectivity index (χ1v) is 11.1. The van der Waals surface area contributed by atoms with Gasteiger partial charge in [-0.05, 0) is 49.2 Å². The number of nitrogens with one attached hydrogen (secondary N) is 2. The van der Waals surface area contributed by atoms with Gasteiger partial charge in [0, 0.05) is 30.9 Å². The molecule has 3 aromatic heterocycles. The third-order valence-electron chi connectivity index (χ3n) is 6.51. The van der Waals surface area contributed by atoms with Crippen LogP contribution in [0, 0.1) is 11.6 Å². The van der Waals surface area contributed by atoms with Crippen molar-refractivity contribution in [3.63, 3.8) is 0 Å². The number of anilines is 1. The van der Waals surface area contributed by atoms with Gasteiger partial charge in [-0.25, -0.2) is 23.5 Å². The minimum Gasteiger partial charge on any atom is -0.388 e. The number of halogens is 2. The minimum atomic E-state index is -0.731. The van der Waals surface area contributed by atoms with Crippen molar-refractivity contribution in [1.82, 2.24) is 34.3 Å². The number of benzene rings is 2. The van der Waals surface area contributed by atoms with Crippen LogP contribution in [-0.4, -0.2) is 41.3 Å². The lowest BCUT2D eigenvalue weighted by Gasteiger charge is -2.35. The van der Waals surface area contributed by atoms with E-state index in [0.717, 1.165) is 16.7 Å². The van der Waals surface area contributed by atoms with Crippen molar-refractivity contribution >= 4 is 16.7 Å². The normalized spacial score (nSPS) is 17.5. The first-order chi connectivity index (χ1) is 17.0. The fourth-order valence-electron chi connectivity index (χ4n) is 4.73. The number of H-pyrrole nitrogens is 1. The molecule has 9 nitrogen and oxygen atoms in total. The number of hydrogen-bond acceptors (Lipinski definition) is 6. The summed E-state index contributed by atoms with van der Waals surface area (Å²) in [5, 5.41) is 11.6. The summed E-state index contributed by atoms with van der Waals surface area (Å²) in [4.78, 5) is 23.7. The van der Waals surface area contributed by atoms with Gasteiger partial charge < -0.3 is 10.3 Å². The highest BCUT2D eigenvalue weighted by Crippen LogP contribution is 2.46. The van der Waals surface area contributed by atoms with E-state index >= 15 is 0 Å². The summed E-state index contributed by atoms with van der Waals surface area (Å²) in [7, 11) is 1.82.